The summed E-state index contributed by atoms with van der Waals surface area (Å²) in [6.45, 7) is 3.96. The van der Waals surface area contributed by atoms with E-state index in [0.717, 1.165) is 36.1 Å². The minimum atomic E-state index is 0. The number of aromatic nitrogens is 1. The zero-order valence-electron chi connectivity index (χ0n) is 15.6. The van der Waals surface area contributed by atoms with Gasteiger partial charge in [0.2, 0.25) is 11.8 Å². The lowest BCUT2D eigenvalue weighted by Crippen LogP contribution is -2.28. The maximum atomic E-state index is 12.3. The van der Waals surface area contributed by atoms with Crippen LogP contribution in [0.1, 0.15) is 36.8 Å². The molecule has 2 atom stereocenters. The van der Waals surface area contributed by atoms with Gasteiger partial charge in [0, 0.05) is 36.5 Å². The van der Waals surface area contributed by atoms with Crippen LogP contribution in [0.25, 0.3) is 0 Å². The highest BCUT2D eigenvalue weighted by atomic mass is 35.5. The molecule has 1 heterocycles. The summed E-state index contributed by atoms with van der Waals surface area (Å²) in [7, 11) is 0. The molecule has 0 aliphatic heterocycles. The van der Waals surface area contributed by atoms with Crippen molar-refractivity contribution in [1.29, 1.82) is 0 Å². The van der Waals surface area contributed by atoms with Gasteiger partial charge in [-0.1, -0.05) is 12.5 Å². The Morgan fingerprint density at radius 1 is 1.22 bits per heavy atom. The number of nitrogens with zero attached hydrogens (tertiary/aromatic N) is 1. The van der Waals surface area contributed by atoms with Crippen LogP contribution in [0, 0.1) is 19.8 Å². The Labute approximate surface area is 172 Å². The molecule has 1 fully saturated rings. The highest BCUT2D eigenvalue weighted by Gasteiger charge is 2.26. The number of anilines is 1. The van der Waals surface area contributed by atoms with E-state index in [1.54, 1.807) is 6.20 Å². The monoisotopic (exact) mass is 411 g/mol. The van der Waals surface area contributed by atoms with E-state index in [4.69, 9.17) is 10.5 Å². The second kappa shape index (κ2) is 10.5. The number of nitrogens with two attached hydrogens (primary N) is 1. The Morgan fingerprint density at radius 3 is 2.67 bits per heavy atom. The molecule has 1 aliphatic carbocycles. The molecule has 27 heavy (non-hydrogen) atoms. The number of hydrogen-bond donors (Lipinski definition) is 2. The summed E-state index contributed by atoms with van der Waals surface area (Å²) in [5.41, 5.74) is 8.85. The summed E-state index contributed by atoms with van der Waals surface area (Å²) in [6.07, 6.45) is 5.37. The van der Waals surface area contributed by atoms with Crippen LogP contribution in [0.4, 0.5) is 5.69 Å². The molecule has 1 aromatic heterocycles. The molecule has 1 aromatic carbocycles. The predicted octanol–water partition coefficient (Wildman–Crippen LogP) is 4.79. The van der Waals surface area contributed by atoms with Crippen molar-refractivity contribution in [1.82, 2.24) is 4.98 Å². The third-order valence-electron chi connectivity index (χ3n) is 4.74. The van der Waals surface area contributed by atoms with Crippen LogP contribution in [0.2, 0.25) is 0 Å². The Hall–Kier alpha value is -1.82. The van der Waals surface area contributed by atoms with Crippen molar-refractivity contribution < 1.29 is 9.53 Å². The van der Waals surface area contributed by atoms with E-state index in [-0.39, 0.29) is 42.7 Å². The summed E-state index contributed by atoms with van der Waals surface area (Å²) in [4.78, 5) is 16.5. The number of hydrogen-bond acceptors (Lipinski definition) is 4. The third-order valence-corrected chi connectivity index (χ3v) is 4.74. The van der Waals surface area contributed by atoms with Crippen molar-refractivity contribution >= 4 is 36.4 Å². The van der Waals surface area contributed by atoms with Crippen LogP contribution in [-0.2, 0) is 4.79 Å². The van der Waals surface area contributed by atoms with Gasteiger partial charge in [-0.3, -0.25) is 4.79 Å². The molecule has 2 aromatic rings. The quantitative estimate of drug-likeness (QED) is 0.740. The lowest BCUT2D eigenvalue weighted by Gasteiger charge is -2.15. The first-order valence-electron chi connectivity index (χ1n) is 8.78. The first-order valence-corrected chi connectivity index (χ1v) is 8.78. The van der Waals surface area contributed by atoms with E-state index in [1.807, 2.05) is 44.2 Å². The van der Waals surface area contributed by atoms with Gasteiger partial charge in [0.15, 0.2) is 0 Å². The molecule has 7 heteroatoms. The fourth-order valence-electron chi connectivity index (χ4n) is 3.23. The predicted molar refractivity (Wildman–Crippen MR) is 113 cm³/mol. The average molecular weight is 412 g/mol. The molecule has 1 aliphatic rings. The normalized spacial score (nSPS) is 18.2. The van der Waals surface area contributed by atoms with Gasteiger partial charge in [-0.05, 0) is 55.9 Å². The molecule has 0 unspecified atom stereocenters. The van der Waals surface area contributed by atoms with Crippen LogP contribution >= 0.6 is 24.8 Å². The number of carbonyl (C=O) groups excluding carboxylic acids is 1. The zero-order chi connectivity index (χ0) is 17.8. The first kappa shape index (κ1) is 23.2. The van der Waals surface area contributed by atoms with Crippen molar-refractivity contribution in [3.05, 3.63) is 47.7 Å². The Balaban J connectivity index is 0.00000182. The number of halogens is 2. The number of rotatable bonds is 5. The summed E-state index contributed by atoms with van der Waals surface area (Å²) in [5, 5.41) is 2.96. The molecular weight excluding hydrogens is 385 g/mol. The molecule has 1 amide bonds. The highest BCUT2D eigenvalue weighted by molar-refractivity contribution is 5.91. The van der Waals surface area contributed by atoms with Gasteiger partial charge in [-0.2, -0.15) is 0 Å². The molecule has 0 saturated heterocycles. The second-order valence-corrected chi connectivity index (χ2v) is 6.86. The van der Waals surface area contributed by atoms with E-state index in [9.17, 15) is 4.79 Å². The number of pyridine rings is 1. The van der Waals surface area contributed by atoms with Gasteiger partial charge in [0.05, 0.1) is 0 Å². The van der Waals surface area contributed by atoms with Gasteiger partial charge in [0.1, 0.15) is 5.75 Å². The smallest absolute Gasteiger partial charge is 0.224 e. The first-order chi connectivity index (χ1) is 12.0. The van der Waals surface area contributed by atoms with Gasteiger partial charge in [-0.15, -0.1) is 24.8 Å². The number of aryl methyl sites for hydroxylation is 2. The Kier molecular flexibility index (Phi) is 9.03. The number of nitrogens with one attached hydrogen (secondary N) is 1. The van der Waals surface area contributed by atoms with Crippen molar-refractivity contribution in [3.8, 4) is 11.6 Å². The molecule has 3 N–H and O–H groups in total. The summed E-state index contributed by atoms with van der Waals surface area (Å²) >= 11 is 0. The van der Waals surface area contributed by atoms with E-state index in [2.05, 4.69) is 10.3 Å². The molecular formula is C20H27Cl2N3O2. The molecule has 0 spiro atoms. The summed E-state index contributed by atoms with van der Waals surface area (Å²) in [5.74, 6) is 1.53. The number of ether oxygens (including phenoxy) is 1. The SMILES string of the molecule is Cc1ccnc(Oc2cc(NC(=O)C[C@@H]3CCC[C@H]3N)ccc2C)c1.Cl.Cl. The van der Waals surface area contributed by atoms with E-state index < -0.39 is 0 Å². The van der Waals surface area contributed by atoms with Crippen LogP contribution in [0.5, 0.6) is 11.6 Å². The fourth-order valence-corrected chi connectivity index (χ4v) is 3.23. The number of benzene rings is 1. The van der Waals surface area contributed by atoms with Gasteiger partial charge in [-0.25, -0.2) is 4.98 Å². The molecule has 1 saturated carbocycles. The van der Waals surface area contributed by atoms with Crippen molar-refractivity contribution in [2.45, 2.75) is 45.6 Å². The maximum Gasteiger partial charge on any atom is 0.224 e. The Bertz CT molecular complexity index is 771. The molecule has 148 valence electrons. The summed E-state index contributed by atoms with van der Waals surface area (Å²) in [6, 6.07) is 9.61. The molecule has 5 nitrogen and oxygen atoms in total. The van der Waals surface area contributed by atoms with E-state index in [1.165, 1.54) is 0 Å². The molecule has 3 rings (SSSR count). The van der Waals surface area contributed by atoms with Crippen LogP contribution in [0.15, 0.2) is 36.5 Å². The maximum absolute atomic E-state index is 12.3. The van der Waals surface area contributed by atoms with Crippen molar-refractivity contribution in [2.75, 3.05) is 5.32 Å². The molecule has 0 bridgehead atoms. The van der Waals surface area contributed by atoms with Gasteiger partial charge >= 0.3 is 0 Å². The van der Waals surface area contributed by atoms with E-state index in [0.29, 0.717) is 18.1 Å². The van der Waals surface area contributed by atoms with Gasteiger partial charge in [0.25, 0.3) is 0 Å². The minimum Gasteiger partial charge on any atom is -0.439 e. The highest BCUT2D eigenvalue weighted by Crippen LogP contribution is 2.29. The minimum absolute atomic E-state index is 0. The van der Waals surface area contributed by atoms with Gasteiger partial charge < -0.3 is 15.8 Å². The summed E-state index contributed by atoms with van der Waals surface area (Å²) < 4.78 is 5.88. The number of amides is 1. The largest absolute Gasteiger partial charge is 0.439 e. The van der Waals surface area contributed by atoms with Crippen molar-refractivity contribution in [3.63, 3.8) is 0 Å². The lowest BCUT2D eigenvalue weighted by molar-refractivity contribution is -0.117. The van der Waals surface area contributed by atoms with Crippen LogP contribution in [-0.4, -0.2) is 16.9 Å². The standard InChI is InChI=1S/C20H25N3O2.2ClH/c1-13-8-9-22-20(10-13)25-18-12-16(7-6-14(18)2)23-19(24)11-15-4-3-5-17(15)21;;/h6-10,12,15,17H,3-5,11,21H2,1-2H3,(H,23,24);2*1H/t15-,17+;;/m0../s1. The second-order valence-electron chi connectivity index (χ2n) is 6.86. The van der Waals surface area contributed by atoms with E-state index >= 15 is 0 Å². The fraction of sp³-hybridized carbons (Fsp3) is 0.400. The van der Waals surface area contributed by atoms with Crippen LogP contribution < -0.4 is 15.8 Å². The Morgan fingerprint density at radius 2 is 2.00 bits per heavy atom. The topological polar surface area (TPSA) is 77.2 Å². The van der Waals surface area contributed by atoms with Crippen molar-refractivity contribution in [2.24, 2.45) is 11.7 Å². The molecule has 0 radical (unpaired) electrons. The van der Waals surface area contributed by atoms with Crippen LogP contribution in [0.3, 0.4) is 0 Å². The average Bonchev–Trinajstić information content (AvgIpc) is 2.95. The lowest BCUT2D eigenvalue weighted by atomic mass is 10.00. The number of carbonyl (C=O) groups is 1. The zero-order valence-corrected chi connectivity index (χ0v) is 17.2. The third kappa shape index (κ3) is 6.38.